The van der Waals surface area contributed by atoms with E-state index in [2.05, 4.69) is 24.1 Å². The standard InChI is InChI=1S/C15H23N3O2/c1-12(2)17(11-14-7-5-9-16-14)10-13-6-3-4-8-15(13)18(19)20/h3-4,6,8,12,14,16H,5,7,9-11H2,1-2H3. The van der Waals surface area contributed by atoms with Crippen molar-refractivity contribution in [3.63, 3.8) is 0 Å². The third-order valence-corrected chi connectivity index (χ3v) is 3.91. The lowest BCUT2D eigenvalue weighted by Crippen LogP contribution is -2.40. The summed E-state index contributed by atoms with van der Waals surface area (Å²) in [6, 6.07) is 7.92. The number of nitro groups is 1. The molecular weight excluding hydrogens is 254 g/mol. The molecule has 5 heteroatoms. The first-order valence-corrected chi connectivity index (χ1v) is 7.27. The van der Waals surface area contributed by atoms with E-state index in [4.69, 9.17) is 0 Å². The summed E-state index contributed by atoms with van der Waals surface area (Å²) in [7, 11) is 0. The van der Waals surface area contributed by atoms with Gasteiger partial charge >= 0.3 is 0 Å². The van der Waals surface area contributed by atoms with Crippen LogP contribution in [0.2, 0.25) is 0 Å². The molecule has 1 unspecified atom stereocenters. The van der Waals surface area contributed by atoms with Gasteiger partial charge in [0.2, 0.25) is 0 Å². The van der Waals surface area contributed by atoms with Crippen LogP contribution in [0.4, 0.5) is 5.69 Å². The Morgan fingerprint density at radius 2 is 2.20 bits per heavy atom. The average molecular weight is 277 g/mol. The van der Waals surface area contributed by atoms with Gasteiger partial charge < -0.3 is 5.32 Å². The van der Waals surface area contributed by atoms with Crippen molar-refractivity contribution in [2.24, 2.45) is 0 Å². The molecule has 5 nitrogen and oxygen atoms in total. The highest BCUT2D eigenvalue weighted by Gasteiger charge is 2.22. The van der Waals surface area contributed by atoms with Gasteiger partial charge in [0.05, 0.1) is 4.92 Å². The van der Waals surface area contributed by atoms with Crippen LogP contribution in [0.25, 0.3) is 0 Å². The molecule has 1 aromatic carbocycles. The van der Waals surface area contributed by atoms with Gasteiger partial charge in [0.15, 0.2) is 0 Å². The van der Waals surface area contributed by atoms with Crippen LogP contribution in [-0.2, 0) is 6.54 Å². The number of benzene rings is 1. The molecule has 20 heavy (non-hydrogen) atoms. The minimum absolute atomic E-state index is 0.220. The van der Waals surface area contributed by atoms with Gasteiger partial charge in [-0.2, -0.15) is 0 Å². The van der Waals surface area contributed by atoms with Crippen molar-refractivity contribution < 1.29 is 4.92 Å². The maximum atomic E-state index is 11.1. The van der Waals surface area contributed by atoms with E-state index in [9.17, 15) is 10.1 Å². The molecule has 1 N–H and O–H groups in total. The molecule has 1 aromatic rings. The molecule has 0 bridgehead atoms. The van der Waals surface area contributed by atoms with Gasteiger partial charge in [0, 0.05) is 36.8 Å². The molecule has 1 aliphatic heterocycles. The zero-order valence-corrected chi connectivity index (χ0v) is 12.2. The molecule has 1 saturated heterocycles. The van der Waals surface area contributed by atoms with E-state index in [0.29, 0.717) is 18.6 Å². The summed E-state index contributed by atoms with van der Waals surface area (Å²) in [5.41, 5.74) is 1.02. The van der Waals surface area contributed by atoms with Crippen molar-refractivity contribution in [1.29, 1.82) is 0 Å². The van der Waals surface area contributed by atoms with Crippen molar-refractivity contribution in [2.45, 2.75) is 45.3 Å². The second-order valence-corrected chi connectivity index (χ2v) is 5.70. The maximum Gasteiger partial charge on any atom is 0.273 e. The van der Waals surface area contributed by atoms with Gasteiger partial charge in [0.1, 0.15) is 0 Å². The number of hydrogen-bond acceptors (Lipinski definition) is 4. The van der Waals surface area contributed by atoms with Gasteiger partial charge in [0.25, 0.3) is 5.69 Å². The smallest absolute Gasteiger partial charge is 0.273 e. The third-order valence-electron chi connectivity index (χ3n) is 3.91. The van der Waals surface area contributed by atoms with Crippen LogP contribution < -0.4 is 5.32 Å². The zero-order valence-electron chi connectivity index (χ0n) is 12.2. The summed E-state index contributed by atoms with van der Waals surface area (Å²) in [6.45, 7) is 6.95. The predicted octanol–water partition coefficient (Wildman–Crippen LogP) is 2.56. The second kappa shape index (κ2) is 6.81. The van der Waals surface area contributed by atoms with E-state index in [0.717, 1.165) is 18.7 Å². The molecule has 0 radical (unpaired) electrons. The van der Waals surface area contributed by atoms with Crippen LogP contribution in [0, 0.1) is 10.1 Å². The summed E-state index contributed by atoms with van der Waals surface area (Å²) >= 11 is 0. The van der Waals surface area contributed by atoms with E-state index in [1.165, 1.54) is 12.8 Å². The number of para-hydroxylation sites is 1. The fraction of sp³-hybridized carbons (Fsp3) is 0.600. The number of hydrogen-bond donors (Lipinski definition) is 1. The predicted molar refractivity (Wildman–Crippen MR) is 79.7 cm³/mol. The molecule has 2 rings (SSSR count). The summed E-state index contributed by atoms with van der Waals surface area (Å²) < 4.78 is 0. The monoisotopic (exact) mass is 277 g/mol. The van der Waals surface area contributed by atoms with Gasteiger partial charge in [-0.15, -0.1) is 0 Å². The number of nitrogens with one attached hydrogen (secondary N) is 1. The first kappa shape index (κ1) is 14.9. The van der Waals surface area contributed by atoms with Crippen LogP contribution >= 0.6 is 0 Å². The van der Waals surface area contributed by atoms with E-state index in [-0.39, 0.29) is 10.6 Å². The Bertz CT molecular complexity index is 456. The van der Waals surface area contributed by atoms with Crippen molar-refractivity contribution in [1.82, 2.24) is 10.2 Å². The number of nitro benzene ring substituents is 1. The highest BCUT2D eigenvalue weighted by molar-refractivity contribution is 5.39. The number of rotatable bonds is 6. The average Bonchev–Trinajstić information content (AvgIpc) is 2.91. The fourth-order valence-electron chi connectivity index (χ4n) is 2.70. The summed E-state index contributed by atoms with van der Waals surface area (Å²) in [6.07, 6.45) is 2.42. The quantitative estimate of drug-likeness (QED) is 0.641. The molecule has 0 spiro atoms. The van der Waals surface area contributed by atoms with Crippen LogP contribution in [-0.4, -0.2) is 35.0 Å². The second-order valence-electron chi connectivity index (χ2n) is 5.70. The summed E-state index contributed by atoms with van der Waals surface area (Å²) in [5.74, 6) is 0. The zero-order chi connectivity index (χ0) is 14.5. The fourth-order valence-corrected chi connectivity index (χ4v) is 2.70. The minimum Gasteiger partial charge on any atom is -0.313 e. The molecule has 0 aliphatic carbocycles. The Balaban J connectivity index is 2.09. The van der Waals surface area contributed by atoms with Crippen molar-refractivity contribution in [3.05, 3.63) is 39.9 Å². The topological polar surface area (TPSA) is 58.4 Å². The largest absolute Gasteiger partial charge is 0.313 e. The Morgan fingerprint density at radius 3 is 2.80 bits per heavy atom. The highest BCUT2D eigenvalue weighted by atomic mass is 16.6. The summed E-state index contributed by atoms with van der Waals surface area (Å²) in [5, 5.41) is 14.6. The molecule has 0 amide bonds. The van der Waals surface area contributed by atoms with E-state index in [1.54, 1.807) is 12.1 Å². The van der Waals surface area contributed by atoms with Gasteiger partial charge in [-0.05, 0) is 33.2 Å². The SMILES string of the molecule is CC(C)N(Cc1ccccc1[N+](=O)[O-])CC1CCCN1. The molecule has 1 atom stereocenters. The number of nitrogens with zero attached hydrogens (tertiary/aromatic N) is 2. The van der Waals surface area contributed by atoms with Gasteiger partial charge in [-0.25, -0.2) is 0 Å². The first-order chi connectivity index (χ1) is 9.58. The molecule has 0 aromatic heterocycles. The van der Waals surface area contributed by atoms with E-state index < -0.39 is 0 Å². The van der Waals surface area contributed by atoms with E-state index in [1.807, 2.05) is 12.1 Å². The Morgan fingerprint density at radius 1 is 1.45 bits per heavy atom. The van der Waals surface area contributed by atoms with Crippen LogP contribution in [0.15, 0.2) is 24.3 Å². The van der Waals surface area contributed by atoms with Gasteiger partial charge in [-0.1, -0.05) is 18.2 Å². The van der Waals surface area contributed by atoms with Crippen molar-refractivity contribution >= 4 is 5.69 Å². The van der Waals surface area contributed by atoms with Crippen molar-refractivity contribution in [3.8, 4) is 0 Å². The molecule has 1 heterocycles. The minimum atomic E-state index is -0.290. The summed E-state index contributed by atoms with van der Waals surface area (Å²) in [4.78, 5) is 13.1. The molecule has 1 aliphatic rings. The lowest BCUT2D eigenvalue weighted by Gasteiger charge is -2.29. The van der Waals surface area contributed by atoms with Crippen LogP contribution in [0.3, 0.4) is 0 Å². The Kier molecular flexibility index (Phi) is 5.09. The Hall–Kier alpha value is -1.46. The van der Waals surface area contributed by atoms with Crippen molar-refractivity contribution in [2.75, 3.05) is 13.1 Å². The lowest BCUT2D eigenvalue weighted by atomic mass is 10.1. The Labute approximate surface area is 120 Å². The normalized spacial score (nSPS) is 18.9. The molecule has 110 valence electrons. The molecular formula is C15H23N3O2. The lowest BCUT2D eigenvalue weighted by molar-refractivity contribution is -0.385. The first-order valence-electron chi connectivity index (χ1n) is 7.27. The highest BCUT2D eigenvalue weighted by Crippen LogP contribution is 2.21. The van der Waals surface area contributed by atoms with Crippen LogP contribution in [0.5, 0.6) is 0 Å². The third kappa shape index (κ3) is 3.77. The van der Waals surface area contributed by atoms with E-state index >= 15 is 0 Å². The maximum absolute atomic E-state index is 11.1. The van der Waals surface area contributed by atoms with Crippen LogP contribution in [0.1, 0.15) is 32.3 Å². The molecule has 0 saturated carbocycles. The molecule has 1 fully saturated rings. The van der Waals surface area contributed by atoms with Gasteiger partial charge in [-0.3, -0.25) is 15.0 Å².